The molecule has 3 heterocycles. The van der Waals surface area contributed by atoms with Crippen LogP contribution in [0.2, 0.25) is 0 Å². The Kier molecular flexibility index (Phi) is 5.42. The summed E-state index contributed by atoms with van der Waals surface area (Å²) in [5.74, 6) is 0. The summed E-state index contributed by atoms with van der Waals surface area (Å²) < 4.78 is 0. The highest BCUT2D eigenvalue weighted by atomic mass is 16.2. The maximum atomic E-state index is 13.6. The molecule has 0 saturated heterocycles. The van der Waals surface area contributed by atoms with Gasteiger partial charge in [-0.2, -0.15) is 4.99 Å². The first-order valence-corrected chi connectivity index (χ1v) is 13.3. The number of hydrogen-bond donors (Lipinski definition) is 0. The van der Waals surface area contributed by atoms with Crippen molar-refractivity contribution in [2.24, 2.45) is 4.99 Å². The van der Waals surface area contributed by atoms with Gasteiger partial charge in [-0.3, -0.25) is 4.90 Å². The van der Waals surface area contributed by atoms with Gasteiger partial charge in [0.05, 0.1) is 5.71 Å². The fourth-order valence-corrected chi connectivity index (χ4v) is 6.17. The van der Waals surface area contributed by atoms with Crippen LogP contribution in [0.15, 0.2) is 101 Å². The van der Waals surface area contributed by atoms with E-state index in [1.165, 1.54) is 28.1 Å². The van der Waals surface area contributed by atoms with E-state index in [-0.39, 0.29) is 6.03 Å². The number of allylic oxidation sites excluding steroid dienone is 2. The van der Waals surface area contributed by atoms with E-state index in [4.69, 9.17) is 4.99 Å². The zero-order valence-electron chi connectivity index (χ0n) is 20.9. The van der Waals surface area contributed by atoms with Gasteiger partial charge in [0.1, 0.15) is 0 Å². The molecule has 0 unspecified atom stereocenters. The number of urea groups is 1. The van der Waals surface area contributed by atoms with Gasteiger partial charge in [0.25, 0.3) is 0 Å². The lowest BCUT2D eigenvalue weighted by Crippen LogP contribution is -2.27. The van der Waals surface area contributed by atoms with Gasteiger partial charge in [-0.1, -0.05) is 54.6 Å². The summed E-state index contributed by atoms with van der Waals surface area (Å²) in [6.45, 7) is 2.61. The Labute approximate surface area is 218 Å². The van der Waals surface area contributed by atoms with Gasteiger partial charge >= 0.3 is 6.03 Å². The predicted molar refractivity (Wildman–Crippen MR) is 151 cm³/mol. The average molecular weight is 487 g/mol. The summed E-state index contributed by atoms with van der Waals surface area (Å²) in [7, 11) is 0. The fraction of sp³-hybridized carbons (Fsp3) is 0.250. The Balaban J connectivity index is 1.26. The van der Waals surface area contributed by atoms with Gasteiger partial charge < -0.3 is 9.80 Å². The molecule has 2 amide bonds. The summed E-state index contributed by atoms with van der Waals surface area (Å²) in [4.78, 5) is 24.9. The SMILES string of the molecule is O=C(N=C1/C(=C/N2CCc3ccccc32)CC/C1=C\N1CCc2ccccc21)N1CCc2ccccc21. The first-order chi connectivity index (χ1) is 18.2. The quantitative estimate of drug-likeness (QED) is 0.427. The largest absolute Gasteiger partial charge is 0.348 e. The third-order valence-electron chi connectivity index (χ3n) is 8.07. The molecule has 7 rings (SSSR count). The van der Waals surface area contributed by atoms with Crippen LogP contribution in [0.4, 0.5) is 21.9 Å². The van der Waals surface area contributed by atoms with Crippen molar-refractivity contribution in [3.63, 3.8) is 0 Å². The molecule has 0 radical (unpaired) electrons. The normalized spacial score (nSPS) is 20.1. The van der Waals surface area contributed by atoms with E-state index in [0.29, 0.717) is 6.54 Å². The van der Waals surface area contributed by atoms with Crippen molar-refractivity contribution < 1.29 is 4.79 Å². The predicted octanol–water partition coefficient (Wildman–Crippen LogP) is 6.30. The molecule has 0 aromatic heterocycles. The van der Waals surface area contributed by atoms with E-state index < -0.39 is 0 Å². The lowest BCUT2D eigenvalue weighted by molar-refractivity contribution is 0.254. The van der Waals surface area contributed by atoms with Crippen LogP contribution in [0.25, 0.3) is 0 Å². The molecule has 5 nitrogen and oxygen atoms in total. The molecule has 184 valence electrons. The zero-order chi connectivity index (χ0) is 24.8. The van der Waals surface area contributed by atoms with Crippen LogP contribution in [-0.4, -0.2) is 31.4 Å². The molecule has 4 aliphatic rings. The molecule has 3 aliphatic heterocycles. The molecule has 5 heteroatoms. The highest BCUT2D eigenvalue weighted by Crippen LogP contribution is 2.36. The number of para-hydroxylation sites is 3. The summed E-state index contributed by atoms with van der Waals surface area (Å²) >= 11 is 0. The van der Waals surface area contributed by atoms with Gasteiger partial charge in [-0.05, 0) is 78.1 Å². The van der Waals surface area contributed by atoms with Crippen molar-refractivity contribution in [1.82, 2.24) is 0 Å². The van der Waals surface area contributed by atoms with Crippen LogP contribution in [0.1, 0.15) is 29.5 Å². The molecule has 1 saturated carbocycles. The third-order valence-corrected chi connectivity index (χ3v) is 8.07. The van der Waals surface area contributed by atoms with E-state index in [0.717, 1.165) is 67.7 Å². The second-order valence-corrected chi connectivity index (χ2v) is 10.2. The molecule has 3 aromatic rings. The number of amides is 2. The van der Waals surface area contributed by atoms with E-state index in [1.54, 1.807) is 0 Å². The zero-order valence-corrected chi connectivity index (χ0v) is 20.9. The molecule has 1 aliphatic carbocycles. The first kappa shape index (κ1) is 22.1. The van der Waals surface area contributed by atoms with Gasteiger partial charge in [0.2, 0.25) is 0 Å². The summed E-state index contributed by atoms with van der Waals surface area (Å²) in [6.07, 6.45) is 9.24. The highest BCUT2D eigenvalue weighted by Gasteiger charge is 2.30. The number of fused-ring (bicyclic) bond motifs is 3. The van der Waals surface area contributed by atoms with Gasteiger partial charge in [0, 0.05) is 49.1 Å². The van der Waals surface area contributed by atoms with Gasteiger partial charge in [-0.25, -0.2) is 4.79 Å². The van der Waals surface area contributed by atoms with E-state index >= 15 is 0 Å². The topological polar surface area (TPSA) is 39.2 Å². The number of aliphatic imine (C=N–C) groups is 1. The Morgan fingerprint density at radius 2 is 1.05 bits per heavy atom. The number of anilines is 3. The molecular formula is C32H30N4O. The van der Waals surface area contributed by atoms with Gasteiger partial charge in [-0.15, -0.1) is 0 Å². The second kappa shape index (κ2) is 9.07. The molecule has 3 aromatic carbocycles. The molecule has 0 spiro atoms. The van der Waals surface area contributed by atoms with Crippen LogP contribution in [0, 0.1) is 0 Å². The lowest BCUT2D eigenvalue weighted by Gasteiger charge is -2.18. The van der Waals surface area contributed by atoms with Crippen molar-refractivity contribution in [3.05, 3.63) is 113 Å². The van der Waals surface area contributed by atoms with E-state index in [1.807, 2.05) is 23.1 Å². The fourth-order valence-electron chi connectivity index (χ4n) is 6.17. The number of hydrogen-bond acceptors (Lipinski definition) is 3. The first-order valence-electron chi connectivity index (χ1n) is 13.3. The molecular weight excluding hydrogens is 456 g/mol. The summed E-state index contributed by atoms with van der Waals surface area (Å²) in [6, 6.07) is 25.2. The molecule has 37 heavy (non-hydrogen) atoms. The lowest BCUT2D eigenvalue weighted by atomic mass is 10.1. The van der Waals surface area contributed by atoms with Crippen LogP contribution >= 0.6 is 0 Å². The monoisotopic (exact) mass is 486 g/mol. The Morgan fingerprint density at radius 3 is 1.62 bits per heavy atom. The maximum Gasteiger partial charge on any atom is 0.348 e. The van der Waals surface area contributed by atoms with E-state index in [9.17, 15) is 4.79 Å². The van der Waals surface area contributed by atoms with Crippen molar-refractivity contribution in [1.29, 1.82) is 0 Å². The number of carbonyl (C=O) groups is 1. The van der Waals surface area contributed by atoms with Crippen LogP contribution in [-0.2, 0) is 19.3 Å². The van der Waals surface area contributed by atoms with Crippen molar-refractivity contribution >= 4 is 28.8 Å². The molecule has 0 bridgehead atoms. The minimum absolute atomic E-state index is 0.165. The van der Waals surface area contributed by atoms with Gasteiger partial charge in [0.15, 0.2) is 0 Å². The maximum absolute atomic E-state index is 13.6. The number of nitrogens with zero attached hydrogens (tertiary/aromatic N) is 4. The Hall–Kier alpha value is -4.12. The van der Waals surface area contributed by atoms with Crippen LogP contribution < -0.4 is 14.7 Å². The Bertz CT molecular complexity index is 1410. The van der Waals surface area contributed by atoms with Crippen LogP contribution in [0.3, 0.4) is 0 Å². The standard InChI is InChI=1S/C32H30N4O/c37-32(36-20-17-25-9-3-6-12-30(25)36)33-31-26(21-34-18-15-23-7-1-4-10-28(23)34)13-14-27(31)22-35-19-16-24-8-2-5-11-29(24)35/h1-12,21-22H,13-20H2/b26-21+,27-22+. The Morgan fingerprint density at radius 1 is 0.595 bits per heavy atom. The highest BCUT2D eigenvalue weighted by molar-refractivity contribution is 6.20. The summed E-state index contributed by atoms with van der Waals surface area (Å²) in [5, 5.41) is 0. The molecule has 0 N–H and O–H groups in total. The smallest absolute Gasteiger partial charge is 0.347 e. The van der Waals surface area contributed by atoms with Crippen molar-refractivity contribution in [2.75, 3.05) is 34.3 Å². The van der Waals surface area contributed by atoms with Crippen molar-refractivity contribution in [2.45, 2.75) is 32.1 Å². The third kappa shape index (κ3) is 3.95. The molecule has 1 fully saturated rings. The number of benzene rings is 3. The minimum Gasteiger partial charge on any atom is -0.347 e. The van der Waals surface area contributed by atoms with Crippen LogP contribution in [0.5, 0.6) is 0 Å². The van der Waals surface area contributed by atoms with E-state index in [2.05, 4.69) is 76.8 Å². The average Bonchev–Trinajstić information content (AvgIpc) is 3.72. The van der Waals surface area contributed by atoms with Crippen molar-refractivity contribution in [3.8, 4) is 0 Å². The summed E-state index contributed by atoms with van der Waals surface area (Å²) in [5.41, 5.74) is 10.6. The minimum atomic E-state index is -0.165. The second-order valence-electron chi connectivity index (χ2n) is 10.2. The number of rotatable bonds is 2. The molecule has 0 atom stereocenters. The number of carbonyl (C=O) groups excluding carboxylic acids is 1.